The fraction of sp³-hybridized carbons (Fsp3) is 0. The minimum Gasteiger partial charge on any atom is -0.252 e. The van der Waals surface area contributed by atoms with Gasteiger partial charge in [0.2, 0.25) is 0 Å². The van der Waals surface area contributed by atoms with Crippen molar-refractivity contribution in [2.45, 2.75) is 0 Å². The first-order valence-electron chi connectivity index (χ1n) is 18.8. The van der Waals surface area contributed by atoms with E-state index in [0.29, 0.717) is 23.2 Å². The van der Waals surface area contributed by atoms with Crippen molar-refractivity contribution in [1.29, 1.82) is 0 Å². The fourth-order valence-corrected chi connectivity index (χ4v) is 7.87. The largest absolute Gasteiger partial charge is 0.252 e. The lowest BCUT2D eigenvalue weighted by Gasteiger charge is -2.14. The van der Waals surface area contributed by atoms with E-state index in [1.54, 1.807) is 0 Å². The number of hydrogen-bond acceptors (Lipinski definition) is 4. The first-order chi connectivity index (χ1) is 27.7. The molecule has 0 atom stereocenters. The Bertz CT molecular complexity index is 3180. The van der Waals surface area contributed by atoms with Crippen LogP contribution in [0.1, 0.15) is 0 Å². The van der Waals surface area contributed by atoms with Crippen LogP contribution in [0.2, 0.25) is 0 Å². The van der Waals surface area contributed by atoms with Gasteiger partial charge in [-0.15, -0.1) is 0 Å². The summed E-state index contributed by atoms with van der Waals surface area (Å²) in [5, 5.41) is 11.9. The summed E-state index contributed by atoms with van der Waals surface area (Å²) in [7, 11) is 0. The number of aromatic nitrogens is 4. The molecule has 0 saturated heterocycles. The molecule has 0 aliphatic heterocycles. The number of fused-ring (bicyclic) bond motifs is 5. The van der Waals surface area contributed by atoms with Gasteiger partial charge in [0, 0.05) is 22.7 Å². The number of rotatable bonds is 5. The Kier molecular flexibility index (Phi) is 7.46. The first-order valence-corrected chi connectivity index (χ1v) is 18.8. The van der Waals surface area contributed by atoms with Crippen LogP contribution in [-0.4, -0.2) is 19.9 Å². The predicted molar refractivity (Wildman–Crippen MR) is 232 cm³/mol. The molecular formula is C52H32N4. The van der Waals surface area contributed by atoms with Crippen LogP contribution >= 0.6 is 0 Å². The Hall–Kier alpha value is -7.56. The molecule has 2 aromatic heterocycles. The molecule has 0 radical (unpaired) electrons. The summed E-state index contributed by atoms with van der Waals surface area (Å²) in [6.07, 6.45) is 1.89. The van der Waals surface area contributed by atoms with E-state index >= 15 is 0 Å². The first kappa shape index (κ1) is 31.9. The highest BCUT2D eigenvalue weighted by molar-refractivity contribution is 6.01. The number of pyridine rings is 1. The lowest BCUT2D eigenvalue weighted by Crippen LogP contribution is -2.01. The zero-order chi connectivity index (χ0) is 37.0. The molecule has 56 heavy (non-hydrogen) atoms. The Morgan fingerprint density at radius 2 is 0.643 bits per heavy atom. The molecule has 0 aliphatic rings. The average Bonchev–Trinajstić information content (AvgIpc) is 3.27. The quantitative estimate of drug-likeness (QED) is 0.167. The molecule has 9 aromatic carbocycles. The Labute approximate surface area is 323 Å². The Balaban J connectivity index is 1.13. The molecule has 4 heteroatoms. The topological polar surface area (TPSA) is 51.6 Å². The third kappa shape index (κ3) is 5.81. The van der Waals surface area contributed by atoms with Crippen LogP contribution in [0, 0.1) is 0 Å². The number of nitrogens with zero attached hydrogens (tertiary/aromatic N) is 4. The van der Waals surface area contributed by atoms with Crippen molar-refractivity contribution in [1.82, 2.24) is 19.9 Å². The number of hydrogen-bond donors (Lipinski definition) is 0. The van der Waals surface area contributed by atoms with Crippen LogP contribution in [0.15, 0.2) is 194 Å². The maximum Gasteiger partial charge on any atom is 0.182 e. The third-order valence-corrected chi connectivity index (χ3v) is 10.8. The van der Waals surface area contributed by atoms with Gasteiger partial charge in [-0.1, -0.05) is 127 Å². The third-order valence-electron chi connectivity index (χ3n) is 10.8. The zero-order valence-electron chi connectivity index (χ0n) is 30.3. The van der Waals surface area contributed by atoms with E-state index in [4.69, 9.17) is 19.9 Å². The van der Waals surface area contributed by atoms with Crippen molar-refractivity contribution in [3.8, 4) is 56.5 Å². The van der Waals surface area contributed by atoms with Crippen LogP contribution in [0.4, 0.5) is 0 Å². The molecule has 11 aromatic rings. The maximum absolute atomic E-state index is 5.16. The molecule has 11 rings (SSSR count). The van der Waals surface area contributed by atoms with Crippen LogP contribution in [-0.2, 0) is 0 Å². The van der Waals surface area contributed by atoms with E-state index in [0.717, 1.165) is 44.2 Å². The monoisotopic (exact) mass is 712 g/mol. The molecule has 0 aliphatic carbocycles. The van der Waals surface area contributed by atoms with Crippen molar-refractivity contribution in [3.63, 3.8) is 0 Å². The van der Waals surface area contributed by atoms with Gasteiger partial charge in [0.15, 0.2) is 17.5 Å². The summed E-state index contributed by atoms with van der Waals surface area (Å²) >= 11 is 0. The molecule has 0 unspecified atom stereocenters. The SMILES string of the molecule is c1ccc(-c2nc(-c3cc(-c4ccc5cc6ccccc6cc5c4)cc(-c4ccc5cc6ccccc6cc5c4)c3)nc(-c3cc4ccccc4cn3)n2)cc1. The van der Waals surface area contributed by atoms with Gasteiger partial charge in [-0.25, -0.2) is 15.0 Å². The van der Waals surface area contributed by atoms with Crippen LogP contribution in [0.25, 0.3) is 110 Å². The predicted octanol–water partition coefficient (Wildman–Crippen LogP) is 13.4. The van der Waals surface area contributed by atoms with Crippen LogP contribution in [0.3, 0.4) is 0 Å². The van der Waals surface area contributed by atoms with Gasteiger partial charge in [0.1, 0.15) is 5.69 Å². The summed E-state index contributed by atoms with van der Waals surface area (Å²) in [6.45, 7) is 0. The Morgan fingerprint density at radius 1 is 0.232 bits per heavy atom. The highest BCUT2D eigenvalue weighted by atomic mass is 15.0. The minimum atomic E-state index is 0.529. The summed E-state index contributed by atoms with van der Waals surface area (Å²) in [5.41, 5.74) is 6.92. The molecule has 0 amide bonds. The molecule has 0 saturated carbocycles. The molecular weight excluding hydrogens is 681 g/mol. The van der Waals surface area contributed by atoms with Gasteiger partial charge in [0.05, 0.1) is 0 Å². The second-order valence-electron chi connectivity index (χ2n) is 14.4. The number of benzene rings is 9. The van der Waals surface area contributed by atoms with Crippen molar-refractivity contribution in [2.24, 2.45) is 0 Å². The van der Waals surface area contributed by atoms with Crippen molar-refractivity contribution in [2.75, 3.05) is 0 Å². The smallest absolute Gasteiger partial charge is 0.182 e. The average molecular weight is 713 g/mol. The van der Waals surface area contributed by atoms with Gasteiger partial charge in [-0.2, -0.15) is 0 Å². The molecule has 4 nitrogen and oxygen atoms in total. The highest BCUT2D eigenvalue weighted by Crippen LogP contribution is 2.37. The van der Waals surface area contributed by atoms with Gasteiger partial charge in [0.25, 0.3) is 0 Å². The summed E-state index contributed by atoms with van der Waals surface area (Å²) in [4.78, 5) is 20.1. The summed E-state index contributed by atoms with van der Waals surface area (Å²) in [5.74, 6) is 1.72. The molecule has 0 bridgehead atoms. The van der Waals surface area contributed by atoms with E-state index in [1.165, 1.54) is 43.1 Å². The van der Waals surface area contributed by atoms with E-state index in [-0.39, 0.29) is 0 Å². The van der Waals surface area contributed by atoms with Gasteiger partial charge in [-0.05, 0) is 131 Å². The minimum absolute atomic E-state index is 0.529. The molecule has 0 spiro atoms. The molecule has 0 fully saturated rings. The van der Waals surface area contributed by atoms with E-state index in [1.807, 2.05) is 48.7 Å². The molecule has 2 heterocycles. The highest BCUT2D eigenvalue weighted by Gasteiger charge is 2.16. The molecule has 0 N–H and O–H groups in total. The standard InChI is InChI=1S/C52H32N4/c1-2-10-33(11-3-1)50-54-51(56-52(55-50)49-31-38-16-8-9-17-43(38)32-53-49)48-29-46(41-20-18-39-22-34-12-4-6-14-36(34)24-44(39)26-41)28-47(30-48)42-21-19-40-23-35-13-5-7-15-37(35)25-45(40)27-42/h1-32H. The fourth-order valence-electron chi connectivity index (χ4n) is 7.87. The van der Waals surface area contributed by atoms with Crippen molar-refractivity contribution >= 4 is 53.9 Å². The van der Waals surface area contributed by atoms with E-state index < -0.39 is 0 Å². The second kappa shape index (κ2) is 13.1. The van der Waals surface area contributed by atoms with Gasteiger partial charge in [-0.3, -0.25) is 4.98 Å². The lowest BCUT2D eigenvalue weighted by molar-refractivity contribution is 1.06. The second-order valence-corrected chi connectivity index (χ2v) is 14.4. The van der Waals surface area contributed by atoms with E-state index in [2.05, 4.69) is 146 Å². The zero-order valence-corrected chi connectivity index (χ0v) is 30.3. The lowest BCUT2D eigenvalue weighted by atomic mass is 9.92. The van der Waals surface area contributed by atoms with Gasteiger partial charge < -0.3 is 0 Å². The normalized spacial score (nSPS) is 11.6. The van der Waals surface area contributed by atoms with Crippen LogP contribution < -0.4 is 0 Å². The Morgan fingerprint density at radius 3 is 1.20 bits per heavy atom. The van der Waals surface area contributed by atoms with Crippen molar-refractivity contribution in [3.05, 3.63) is 194 Å². The summed E-state index contributed by atoms with van der Waals surface area (Å²) < 4.78 is 0. The molecule has 260 valence electrons. The van der Waals surface area contributed by atoms with Gasteiger partial charge >= 0.3 is 0 Å². The van der Waals surface area contributed by atoms with Crippen molar-refractivity contribution < 1.29 is 0 Å². The maximum atomic E-state index is 5.16. The van der Waals surface area contributed by atoms with E-state index in [9.17, 15) is 0 Å². The summed E-state index contributed by atoms with van der Waals surface area (Å²) in [6, 6.07) is 66.8. The van der Waals surface area contributed by atoms with Crippen LogP contribution in [0.5, 0.6) is 0 Å².